The van der Waals surface area contributed by atoms with Crippen LogP contribution in [0.25, 0.3) is 0 Å². The molecule has 26 heavy (non-hydrogen) atoms. The number of Topliss-reactive ketones (excluding diaryl/α,β-unsaturated/α-hetero) is 2. The summed E-state index contributed by atoms with van der Waals surface area (Å²) in [4.78, 5) is 35.3. The number of aldehydes is 1. The average molecular weight is 364 g/mol. The second-order valence-corrected chi connectivity index (χ2v) is 8.51. The summed E-state index contributed by atoms with van der Waals surface area (Å²) in [5, 5.41) is 11.0. The minimum absolute atomic E-state index is 0.0149. The minimum atomic E-state index is -1.53. The number of hydrogen-bond acceptors (Lipinski definition) is 6. The molecule has 1 N–H and O–H groups in total. The molecule has 0 aromatic rings. The fraction of sp³-hybridized carbons (Fsp3) is 0.750. The van der Waals surface area contributed by atoms with E-state index in [1.807, 2.05) is 13.8 Å². The first-order valence-corrected chi connectivity index (χ1v) is 9.29. The van der Waals surface area contributed by atoms with Gasteiger partial charge in [-0.3, -0.25) is 14.4 Å². The normalized spacial score (nSPS) is 48.3. The highest BCUT2D eigenvalue weighted by Crippen LogP contribution is 2.56. The minimum Gasteiger partial charge on any atom is -0.382 e. The van der Waals surface area contributed by atoms with Crippen molar-refractivity contribution < 1.29 is 29.0 Å². The van der Waals surface area contributed by atoms with Crippen LogP contribution >= 0.6 is 0 Å². The van der Waals surface area contributed by atoms with Gasteiger partial charge in [-0.15, -0.1) is 0 Å². The number of carbonyl (C=O) groups is 3. The van der Waals surface area contributed by atoms with Gasteiger partial charge in [-0.2, -0.15) is 0 Å². The largest absolute Gasteiger partial charge is 0.382 e. The van der Waals surface area contributed by atoms with Crippen molar-refractivity contribution >= 4 is 17.9 Å². The molecule has 0 aromatic carbocycles. The van der Waals surface area contributed by atoms with E-state index < -0.39 is 29.3 Å². The fourth-order valence-electron chi connectivity index (χ4n) is 5.22. The monoisotopic (exact) mass is 364 g/mol. The predicted octanol–water partition coefficient (Wildman–Crippen LogP) is 1.49. The van der Waals surface area contributed by atoms with E-state index in [-0.39, 0.29) is 42.2 Å². The van der Waals surface area contributed by atoms with Gasteiger partial charge >= 0.3 is 0 Å². The van der Waals surface area contributed by atoms with Crippen LogP contribution < -0.4 is 0 Å². The standard InChI is InChI=1S/C20H28O6/c1-11-10-25-19(3,6-5-7-21)18-16-13(11)9-15(23)20(4,24)17(16)14(26-18)8-12(2)22/h5-7,11,13-14,16-18,24H,8-10H2,1-4H3. The maximum absolute atomic E-state index is 12.7. The summed E-state index contributed by atoms with van der Waals surface area (Å²) in [6, 6.07) is 0. The molecule has 1 aliphatic carbocycles. The van der Waals surface area contributed by atoms with Crippen LogP contribution in [0.2, 0.25) is 0 Å². The van der Waals surface area contributed by atoms with Gasteiger partial charge in [0.1, 0.15) is 23.3 Å². The average Bonchev–Trinajstić information content (AvgIpc) is 2.90. The Hall–Kier alpha value is -1.37. The van der Waals surface area contributed by atoms with E-state index in [1.165, 1.54) is 13.0 Å². The number of carbonyl (C=O) groups excluding carboxylic acids is 3. The second kappa shape index (κ2) is 6.66. The molecular formula is C20H28O6. The Morgan fingerprint density at radius 1 is 1.38 bits per heavy atom. The number of ketones is 2. The van der Waals surface area contributed by atoms with Crippen molar-refractivity contribution in [2.75, 3.05) is 6.61 Å². The van der Waals surface area contributed by atoms with Gasteiger partial charge in [0.15, 0.2) is 5.78 Å². The highest BCUT2D eigenvalue weighted by molar-refractivity contribution is 5.88. The van der Waals surface area contributed by atoms with Crippen LogP contribution in [0.3, 0.4) is 0 Å². The van der Waals surface area contributed by atoms with Crippen LogP contribution in [0.15, 0.2) is 12.2 Å². The Balaban J connectivity index is 2.10. The molecule has 3 fully saturated rings. The molecule has 8 unspecified atom stereocenters. The molecule has 8 atom stereocenters. The Kier molecular flexibility index (Phi) is 4.97. The molecule has 0 aromatic heterocycles. The van der Waals surface area contributed by atoms with Crippen molar-refractivity contribution in [3.05, 3.63) is 12.2 Å². The molecule has 0 amide bonds. The Morgan fingerprint density at radius 3 is 2.69 bits per heavy atom. The molecule has 0 bridgehead atoms. The molecule has 0 spiro atoms. The van der Waals surface area contributed by atoms with Crippen molar-refractivity contribution in [1.29, 1.82) is 0 Å². The van der Waals surface area contributed by atoms with Crippen molar-refractivity contribution in [2.45, 2.75) is 63.9 Å². The number of ether oxygens (including phenoxy) is 2. The molecule has 3 aliphatic rings. The topological polar surface area (TPSA) is 89.9 Å². The van der Waals surface area contributed by atoms with E-state index in [0.29, 0.717) is 12.9 Å². The molecule has 2 aliphatic heterocycles. The van der Waals surface area contributed by atoms with E-state index >= 15 is 0 Å². The van der Waals surface area contributed by atoms with Crippen LogP contribution in [0.4, 0.5) is 0 Å². The zero-order valence-corrected chi connectivity index (χ0v) is 15.8. The third-order valence-corrected chi connectivity index (χ3v) is 6.56. The maximum Gasteiger partial charge on any atom is 0.164 e. The first kappa shape index (κ1) is 19.4. The van der Waals surface area contributed by atoms with Crippen LogP contribution in [0, 0.1) is 23.7 Å². The molecular weight excluding hydrogens is 336 g/mol. The molecule has 2 heterocycles. The first-order chi connectivity index (χ1) is 12.1. The zero-order valence-electron chi connectivity index (χ0n) is 15.8. The summed E-state index contributed by atoms with van der Waals surface area (Å²) in [6.07, 6.45) is 3.24. The van der Waals surface area contributed by atoms with Gasteiger partial charge in [0.2, 0.25) is 0 Å². The third-order valence-electron chi connectivity index (χ3n) is 6.56. The van der Waals surface area contributed by atoms with E-state index in [2.05, 4.69) is 0 Å². The lowest BCUT2D eigenvalue weighted by atomic mass is 9.58. The van der Waals surface area contributed by atoms with E-state index in [1.54, 1.807) is 13.0 Å². The third kappa shape index (κ3) is 2.98. The summed E-state index contributed by atoms with van der Waals surface area (Å²) in [6.45, 7) is 7.38. The number of allylic oxidation sites excluding steroid dienone is 1. The first-order valence-electron chi connectivity index (χ1n) is 9.29. The van der Waals surface area contributed by atoms with Crippen molar-refractivity contribution in [3.8, 4) is 0 Å². The van der Waals surface area contributed by atoms with Gasteiger partial charge in [-0.25, -0.2) is 0 Å². The summed E-state index contributed by atoms with van der Waals surface area (Å²) < 4.78 is 12.4. The van der Waals surface area contributed by atoms with Crippen LogP contribution in [-0.4, -0.2) is 53.0 Å². The van der Waals surface area contributed by atoms with E-state index in [9.17, 15) is 19.5 Å². The molecule has 6 nitrogen and oxygen atoms in total. The van der Waals surface area contributed by atoms with Gasteiger partial charge in [0, 0.05) is 24.7 Å². The highest BCUT2D eigenvalue weighted by atomic mass is 16.6. The summed E-state index contributed by atoms with van der Waals surface area (Å²) in [5.41, 5.74) is -2.38. The molecule has 6 heteroatoms. The lowest BCUT2D eigenvalue weighted by Gasteiger charge is -2.45. The Bertz CT molecular complexity index is 638. The van der Waals surface area contributed by atoms with Crippen LogP contribution in [-0.2, 0) is 23.9 Å². The zero-order chi connectivity index (χ0) is 19.3. The number of aliphatic hydroxyl groups is 1. The van der Waals surface area contributed by atoms with Gasteiger partial charge in [0.05, 0.1) is 18.8 Å². The SMILES string of the molecule is CC(=O)CC1OC2C3C(CC(=O)C(C)(O)C13)C(C)COC2(C)C=CC=O. The van der Waals surface area contributed by atoms with E-state index in [0.717, 1.165) is 0 Å². The molecule has 3 rings (SSSR count). The van der Waals surface area contributed by atoms with Gasteiger partial charge in [-0.1, -0.05) is 6.92 Å². The molecule has 2 saturated heterocycles. The maximum atomic E-state index is 12.7. The lowest BCUT2D eigenvalue weighted by molar-refractivity contribution is -0.156. The quantitative estimate of drug-likeness (QED) is 0.600. The van der Waals surface area contributed by atoms with Crippen molar-refractivity contribution in [3.63, 3.8) is 0 Å². The molecule has 1 saturated carbocycles. The Morgan fingerprint density at radius 2 is 2.08 bits per heavy atom. The van der Waals surface area contributed by atoms with Gasteiger partial charge < -0.3 is 14.6 Å². The smallest absolute Gasteiger partial charge is 0.164 e. The van der Waals surface area contributed by atoms with Crippen molar-refractivity contribution in [2.24, 2.45) is 23.7 Å². The molecule has 144 valence electrons. The lowest BCUT2D eigenvalue weighted by Crippen LogP contribution is -2.57. The summed E-state index contributed by atoms with van der Waals surface area (Å²) >= 11 is 0. The van der Waals surface area contributed by atoms with Crippen molar-refractivity contribution in [1.82, 2.24) is 0 Å². The predicted molar refractivity (Wildman–Crippen MR) is 93.4 cm³/mol. The van der Waals surface area contributed by atoms with Crippen LogP contribution in [0.5, 0.6) is 0 Å². The Labute approximate surface area is 153 Å². The summed E-state index contributed by atoms with van der Waals surface area (Å²) in [7, 11) is 0. The number of hydrogen-bond donors (Lipinski definition) is 1. The summed E-state index contributed by atoms with van der Waals surface area (Å²) in [5.74, 6) is -0.699. The molecule has 0 radical (unpaired) electrons. The number of rotatable bonds is 4. The fourth-order valence-corrected chi connectivity index (χ4v) is 5.22. The van der Waals surface area contributed by atoms with Gasteiger partial charge in [-0.05, 0) is 44.8 Å². The van der Waals surface area contributed by atoms with E-state index in [4.69, 9.17) is 9.47 Å². The highest BCUT2D eigenvalue weighted by Gasteiger charge is 2.65. The van der Waals surface area contributed by atoms with Crippen LogP contribution in [0.1, 0.15) is 40.5 Å². The van der Waals surface area contributed by atoms with Gasteiger partial charge in [0.25, 0.3) is 0 Å². The second-order valence-electron chi connectivity index (χ2n) is 8.51.